The van der Waals surface area contributed by atoms with Crippen molar-refractivity contribution in [1.29, 1.82) is 0 Å². The summed E-state index contributed by atoms with van der Waals surface area (Å²) in [6, 6.07) is 6.48. The van der Waals surface area contributed by atoms with E-state index in [0.717, 1.165) is 6.42 Å². The van der Waals surface area contributed by atoms with Crippen molar-refractivity contribution in [2.24, 2.45) is 0 Å². The Morgan fingerprint density at radius 1 is 1.50 bits per heavy atom. The van der Waals surface area contributed by atoms with Gasteiger partial charge in [-0.15, -0.1) is 0 Å². The van der Waals surface area contributed by atoms with Crippen LogP contribution in [0.25, 0.3) is 6.08 Å². The van der Waals surface area contributed by atoms with Crippen molar-refractivity contribution in [3.8, 4) is 0 Å². The first-order valence-electron chi connectivity index (χ1n) is 5.36. The van der Waals surface area contributed by atoms with Crippen LogP contribution in [0.1, 0.15) is 25.8 Å². The summed E-state index contributed by atoms with van der Waals surface area (Å²) in [4.78, 5) is 11.4. The normalized spacial score (nSPS) is 12.7. The second-order valence-electron chi connectivity index (χ2n) is 3.67. The van der Waals surface area contributed by atoms with Crippen LogP contribution in [0.15, 0.2) is 30.3 Å². The second-order valence-corrected chi connectivity index (χ2v) is 3.67. The highest BCUT2D eigenvalue weighted by molar-refractivity contribution is 5.91. The summed E-state index contributed by atoms with van der Waals surface area (Å²) >= 11 is 0. The number of nitrogens with one attached hydrogen (secondary N) is 1. The van der Waals surface area contributed by atoms with Crippen molar-refractivity contribution in [3.63, 3.8) is 0 Å². The number of halogens is 1. The van der Waals surface area contributed by atoms with Gasteiger partial charge in [0.1, 0.15) is 5.82 Å². The third kappa shape index (κ3) is 3.85. The third-order valence-corrected chi connectivity index (χ3v) is 2.32. The molecule has 0 saturated heterocycles. The first-order valence-corrected chi connectivity index (χ1v) is 5.36. The average molecular weight is 221 g/mol. The lowest BCUT2D eigenvalue weighted by molar-refractivity contribution is -0.117. The zero-order valence-corrected chi connectivity index (χ0v) is 9.53. The minimum absolute atomic E-state index is 0.137. The summed E-state index contributed by atoms with van der Waals surface area (Å²) in [7, 11) is 0. The quantitative estimate of drug-likeness (QED) is 0.778. The van der Waals surface area contributed by atoms with E-state index in [1.807, 2.05) is 13.8 Å². The molecule has 1 rings (SSSR count). The molecule has 0 bridgehead atoms. The van der Waals surface area contributed by atoms with Crippen molar-refractivity contribution >= 4 is 12.0 Å². The molecule has 0 aliphatic heterocycles. The molecule has 1 aromatic rings. The van der Waals surface area contributed by atoms with Crippen LogP contribution in [0.4, 0.5) is 4.39 Å². The van der Waals surface area contributed by atoms with Crippen LogP contribution in [-0.2, 0) is 4.79 Å². The third-order valence-electron chi connectivity index (χ3n) is 2.32. The van der Waals surface area contributed by atoms with E-state index < -0.39 is 0 Å². The Bertz CT molecular complexity index is 387. The number of carbonyl (C=O) groups is 1. The van der Waals surface area contributed by atoms with E-state index in [0.29, 0.717) is 5.56 Å². The number of hydrogen-bond donors (Lipinski definition) is 1. The van der Waals surface area contributed by atoms with Crippen LogP contribution in [0.5, 0.6) is 0 Å². The molecular formula is C13H16FNO. The lowest BCUT2D eigenvalue weighted by atomic mass is 10.2. The minimum atomic E-state index is -0.324. The van der Waals surface area contributed by atoms with Gasteiger partial charge in [-0.05, 0) is 25.5 Å². The molecule has 0 aliphatic carbocycles. The van der Waals surface area contributed by atoms with Crippen LogP contribution in [0.2, 0.25) is 0 Å². The Balaban J connectivity index is 2.60. The molecule has 0 aliphatic rings. The Hall–Kier alpha value is -1.64. The van der Waals surface area contributed by atoms with E-state index >= 15 is 0 Å². The molecule has 0 radical (unpaired) electrons. The highest BCUT2D eigenvalue weighted by Gasteiger charge is 2.01. The summed E-state index contributed by atoms with van der Waals surface area (Å²) in [5.41, 5.74) is 0.418. The first-order chi connectivity index (χ1) is 7.63. The van der Waals surface area contributed by atoms with E-state index in [9.17, 15) is 9.18 Å². The van der Waals surface area contributed by atoms with Gasteiger partial charge >= 0.3 is 0 Å². The maximum absolute atomic E-state index is 13.2. The van der Waals surface area contributed by atoms with Gasteiger partial charge in [0.15, 0.2) is 0 Å². The Morgan fingerprint density at radius 3 is 2.81 bits per heavy atom. The van der Waals surface area contributed by atoms with Gasteiger partial charge in [-0.2, -0.15) is 0 Å². The fraction of sp³-hybridized carbons (Fsp3) is 0.308. The molecule has 1 N–H and O–H groups in total. The minimum Gasteiger partial charge on any atom is -0.350 e. The summed E-state index contributed by atoms with van der Waals surface area (Å²) in [6.07, 6.45) is 3.71. The molecule has 0 saturated carbocycles. The highest BCUT2D eigenvalue weighted by atomic mass is 19.1. The molecule has 0 heterocycles. The molecule has 0 aromatic heterocycles. The molecule has 86 valence electrons. The largest absolute Gasteiger partial charge is 0.350 e. The van der Waals surface area contributed by atoms with Gasteiger partial charge < -0.3 is 5.32 Å². The fourth-order valence-corrected chi connectivity index (χ4v) is 1.17. The lowest BCUT2D eigenvalue weighted by Crippen LogP contribution is -2.30. The Labute approximate surface area is 95.2 Å². The molecule has 1 atom stereocenters. The van der Waals surface area contributed by atoms with Crippen molar-refractivity contribution in [2.75, 3.05) is 0 Å². The highest BCUT2D eigenvalue weighted by Crippen LogP contribution is 2.07. The molecule has 1 amide bonds. The standard InChI is InChI=1S/C13H16FNO/c1-3-10(2)15-13(16)9-8-11-6-4-5-7-12(11)14/h4-10H,3H2,1-2H3,(H,15,16)/b9-8+/t10-/m1/s1. The van der Waals surface area contributed by atoms with E-state index in [-0.39, 0.29) is 17.8 Å². The first kappa shape index (κ1) is 12.4. The van der Waals surface area contributed by atoms with Crippen LogP contribution >= 0.6 is 0 Å². The van der Waals surface area contributed by atoms with Gasteiger partial charge in [0.2, 0.25) is 5.91 Å². The average Bonchev–Trinajstić information content (AvgIpc) is 2.28. The number of amides is 1. The molecular weight excluding hydrogens is 205 g/mol. The molecule has 1 aromatic carbocycles. The van der Waals surface area contributed by atoms with Gasteiger partial charge in [-0.3, -0.25) is 4.79 Å². The Morgan fingerprint density at radius 2 is 2.19 bits per heavy atom. The predicted molar refractivity (Wildman–Crippen MR) is 63.3 cm³/mol. The predicted octanol–water partition coefficient (Wildman–Crippen LogP) is 2.75. The molecule has 16 heavy (non-hydrogen) atoms. The van der Waals surface area contributed by atoms with Crippen molar-refractivity contribution < 1.29 is 9.18 Å². The number of benzene rings is 1. The molecule has 0 spiro atoms. The van der Waals surface area contributed by atoms with E-state index in [4.69, 9.17) is 0 Å². The maximum atomic E-state index is 13.2. The number of rotatable bonds is 4. The van der Waals surface area contributed by atoms with Crippen LogP contribution < -0.4 is 5.32 Å². The maximum Gasteiger partial charge on any atom is 0.244 e. The van der Waals surface area contributed by atoms with Crippen molar-refractivity contribution in [3.05, 3.63) is 41.7 Å². The van der Waals surface area contributed by atoms with Crippen molar-refractivity contribution in [2.45, 2.75) is 26.3 Å². The Kier molecular flexibility index (Phi) is 4.70. The van der Waals surface area contributed by atoms with Crippen LogP contribution in [0, 0.1) is 5.82 Å². The molecule has 3 heteroatoms. The lowest BCUT2D eigenvalue weighted by Gasteiger charge is -2.08. The van der Waals surface area contributed by atoms with E-state index in [2.05, 4.69) is 5.32 Å². The van der Waals surface area contributed by atoms with Gasteiger partial charge in [-0.1, -0.05) is 25.1 Å². The SMILES string of the molecule is CC[C@@H](C)NC(=O)/C=C/c1ccccc1F. The molecule has 2 nitrogen and oxygen atoms in total. The molecule has 0 fully saturated rings. The smallest absolute Gasteiger partial charge is 0.244 e. The molecule has 0 unspecified atom stereocenters. The number of carbonyl (C=O) groups excluding carboxylic acids is 1. The van der Waals surface area contributed by atoms with Gasteiger partial charge in [0.25, 0.3) is 0 Å². The summed E-state index contributed by atoms with van der Waals surface area (Å²) in [5.74, 6) is -0.521. The van der Waals surface area contributed by atoms with Crippen LogP contribution in [0.3, 0.4) is 0 Å². The van der Waals surface area contributed by atoms with E-state index in [1.54, 1.807) is 18.2 Å². The second kappa shape index (κ2) is 6.05. The van der Waals surface area contributed by atoms with Crippen molar-refractivity contribution in [1.82, 2.24) is 5.32 Å². The summed E-state index contributed by atoms with van der Waals surface area (Å²) in [6.45, 7) is 3.92. The van der Waals surface area contributed by atoms with Gasteiger partial charge in [0.05, 0.1) is 0 Å². The van der Waals surface area contributed by atoms with Gasteiger partial charge in [0, 0.05) is 17.7 Å². The topological polar surface area (TPSA) is 29.1 Å². The zero-order chi connectivity index (χ0) is 12.0. The monoisotopic (exact) mass is 221 g/mol. The van der Waals surface area contributed by atoms with Crippen LogP contribution in [-0.4, -0.2) is 11.9 Å². The number of hydrogen-bond acceptors (Lipinski definition) is 1. The fourth-order valence-electron chi connectivity index (χ4n) is 1.17. The van der Waals surface area contributed by atoms with E-state index in [1.165, 1.54) is 18.2 Å². The zero-order valence-electron chi connectivity index (χ0n) is 9.53. The van der Waals surface area contributed by atoms with Gasteiger partial charge in [-0.25, -0.2) is 4.39 Å². The summed E-state index contributed by atoms with van der Waals surface area (Å²) in [5, 5.41) is 2.77. The summed E-state index contributed by atoms with van der Waals surface area (Å²) < 4.78 is 13.2.